The van der Waals surface area contributed by atoms with Crippen molar-refractivity contribution in [2.75, 3.05) is 0 Å². The number of hydrogen-bond acceptors (Lipinski definition) is 2. The first-order chi connectivity index (χ1) is 9.16. The number of nitrogens with zero attached hydrogens (tertiary/aromatic N) is 1. The summed E-state index contributed by atoms with van der Waals surface area (Å²) in [5.74, 6) is -0.272. The number of benzene rings is 2. The fourth-order valence-corrected chi connectivity index (χ4v) is 2.12. The van der Waals surface area contributed by atoms with E-state index in [1.54, 1.807) is 36.5 Å². The van der Waals surface area contributed by atoms with Gasteiger partial charge in [-0.05, 0) is 45.8 Å². The first kappa shape index (κ1) is 13.8. The molecule has 19 heavy (non-hydrogen) atoms. The second-order valence-corrected chi connectivity index (χ2v) is 5.02. The normalized spacial score (nSPS) is 10.6. The third kappa shape index (κ3) is 3.91. The Morgan fingerprint density at radius 1 is 1.21 bits per heavy atom. The van der Waals surface area contributed by atoms with Gasteiger partial charge >= 0.3 is 0 Å². The summed E-state index contributed by atoms with van der Waals surface area (Å²) < 4.78 is 0.727. The van der Waals surface area contributed by atoms with E-state index in [1.165, 1.54) is 0 Å². The highest BCUT2D eigenvalue weighted by Gasteiger charge is 2.07. The van der Waals surface area contributed by atoms with Gasteiger partial charge in [-0.2, -0.15) is 5.10 Å². The summed E-state index contributed by atoms with van der Waals surface area (Å²) in [6, 6.07) is 14.4. The van der Waals surface area contributed by atoms with Crippen LogP contribution in [0, 0.1) is 0 Å². The van der Waals surface area contributed by atoms with Crippen molar-refractivity contribution in [2.24, 2.45) is 5.10 Å². The van der Waals surface area contributed by atoms with Gasteiger partial charge in [-0.3, -0.25) is 4.79 Å². The van der Waals surface area contributed by atoms with Crippen LogP contribution in [0.25, 0.3) is 0 Å². The molecule has 1 N–H and O–H groups in total. The van der Waals surface area contributed by atoms with E-state index in [9.17, 15) is 4.79 Å². The Labute approximate surface area is 124 Å². The van der Waals surface area contributed by atoms with Crippen molar-refractivity contribution in [1.29, 1.82) is 0 Å². The summed E-state index contributed by atoms with van der Waals surface area (Å²) in [7, 11) is 0. The first-order valence-corrected chi connectivity index (χ1v) is 6.67. The van der Waals surface area contributed by atoms with Crippen molar-refractivity contribution in [2.45, 2.75) is 0 Å². The van der Waals surface area contributed by atoms with E-state index in [-0.39, 0.29) is 5.91 Å². The monoisotopic (exact) mass is 336 g/mol. The van der Waals surface area contributed by atoms with Crippen molar-refractivity contribution < 1.29 is 4.79 Å². The van der Waals surface area contributed by atoms with E-state index in [2.05, 4.69) is 26.5 Å². The highest BCUT2D eigenvalue weighted by atomic mass is 79.9. The zero-order chi connectivity index (χ0) is 13.7. The van der Waals surface area contributed by atoms with Crippen LogP contribution < -0.4 is 5.43 Å². The van der Waals surface area contributed by atoms with Crippen LogP contribution in [0.3, 0.4) is 0 Å². The molecule has 0 saturated heterocycles. The minimum Gasteiger partial charge on any atom is -0.267 e. The molecule has 3 nitrogen and oxygen atoms in total. The second-order valence-electron chi connectivity index (χ2n) is 3.73. The van der Waals surface area contributed by atoms with Crippen LogP contribution in [-0.2, 0) is 0 Å². The molecule has 0 unspecified atom stereocenters. The smallest absolute Gasteiger partial charge is 0.267 e. The molecular formula is C14H10BrClN2O. The van der Waals surface area contributed by atoms with Gasteiger partial charge in [0.2, 0.25) is 0 Å². The van der Waals surface area contributed by atoms with Gasteiger partial charge in [0.15, 0.2) is 0 Å². The third-order valence-corrected chi connectivity index (χ3v) is 3.27. The molecule has 0 atom stereocenters. The first-order valence-electron chi connectivity index (χ1n) is 5.50. The summed E-state index contributed by atoms with van der Waals surface area (Å²) in [5, 5.41) is 4.52. The highest BCUT2D eigenvalue weighted by Crippen LogP contribution is 2.15. The van der Waals surface area contributed by atoms with Crippen molar-refractivity contribution in [3.63, 3.8) is 0 Å². The summed E-state index contributed by atoms with van der Waals surface area (Å²) in [6.45, 7) is 0. The Bertz CT molecular complexity index is 628. The van der Waals surface area contributed by atoms with Crippen molar-refractivity contribution in [1.82, 2.24) is 5.43 Å². The van der Waals surface area contributed by atoms with E-state index in [4.69, 9.17) is 11.6 Å². The second kappa shape index (κ2) is 6.50. The predicted octanol–water partition coefficient (Wildman–Crippen LogP) is 3.87. The Hall–Kier alpha value is -1.65. The number of hydrogen-bond donors (Lipinski definition) is 1. The maximum atomic E-state index is 11.8. The molecule has 0 bridgehead atoms. The quantitative estimate of drug-likeness (QED) is 0.670. The number of halogens is 2. The van der Waals surface area contributed by atoms with Gasteiger partial charge in [0.1, 0.15) is 0 Å². The Kier molecular flexibility index (Phi) is 4.71. The molecule has 0 aliphatic heterocycles. The molecule has 0 aliphatic rings. The van der Waals surface area contributed by atoms with Crippen LogP contribution >= 0.6 is 27.5 Å². The molecule has 1 amide bonds. The van der Waals surface area contributed by atoms with Crippen LogP contribution in [0.5, 0.6) is 0 Å². The molecule has 0 saturated carbocycles. The van der Waals surface area contributed by atoms with Gasteiger partial charge in [-0.1, -0.05) is 35.9 Å². The van der Waals surface area contributed by atoms with Gasteiger partial charge in [0.05, 0.1) is 11.8 Å². The van der Waals surface area contributed by atoms with Crippen LogP contribution in [0.15, 0.2) is 58.1 Å². The highest BCUT2D eigenvalue weighted by molar-refractivity contribution is 9.10. The number of rotatable bonds is 3. The van der Waals surface area contributed by atoms with Crippen LogP contribution in [-0.4, -0.2) is 12.1 Å². The molecule has 0 spiro atoms. The zero-order valence-corrected chi connectivity index (χ0v) is 12.1. The number of carbonyl (C=O) groups is 1. The van der Waals surface area contributed by atoms with E-state index >= 15 is 0 Å². The number of nitrogens with one attached hydrogen (secondary N) is 1. The molecule has 5 heteroatoms. The average Bonchev–Trinajstić information content (AvgIpc) is 2.39. The minimum absolute atomic E-state index is 0.272. The summed E-state index contributed by atoms with van der Waals surface area (Å²) in [6.07, 6.45) is 1.54. The maximum absolute atomic E-state index is 11.8. The number of amides is 1. The maximum Gasteiger partial charge on any atom is 0.272 e. The third-order valence-electron chi connectivity index (χ3n) is 2.35. The summed E-state index contributed by atoms with van der Waals surface area (Å²) >= 11 is 9.16. The SMILES string of the molecule is O=C(NN=Cc1cccc(Cl)c1)c1ccccc1Br. The lowest BCUT2D eigenvalue weighted by atomic mass is 10.2. The molecule has 2 aromatic rings. The summed E-state index contributed by atoms with van der Waals surface area (Å²) in [4.78, 5) is 11.8. The van der Waals surface area contributed by atoms with Crippen molar-refractivity contribution in [3.8, 4) is 0 Å². The van der Waals surface area contributed by atoms with Crippen molar-refractivity contribution in [3.05, 3.63) is 69.2 Å². The lowest BCUT2D eigenvalue weighted by Crippen LogP contribution is -2.18. The van der Waals surface area contributed by atoms with Gasteiger partial charge < -0.3 is 0 Å². The van der Waals surface area contributed by atoms with Crippen LogP contribution in [0.1, 0.15) is 15.9 Å². The zero-order valence-electron chi connectivity index (χ0n) is 9.81. The number of hydrazone groups is 1. The van der Waals surface area contributed by atoms with Gasteiger partial charge in [0, 0.05) is 9.50 Å². The minimum atomic E-state index is -0.272. The molecule has 0 fully saturated rings. The molecule has 96 valence electrons. The van der Waals surface area contributed by atoms with Gasteiger partial charge in [-0.15, -0.1) is 0 Å². The lowest BCUT2D eigenvalue weighted by molar-refractivity contribution is 0.0954. The molecule has 0 heterocycles. The molecule has 0 radical (unpaired) electrons. The Morgan fingerprint density at radius 3 is 2.74 bits per heavy atom. The van der Waals surface area contributed by atoms with Gasteiger partial charge in [-0.25, -0.2) is 5.43 Å². The summed E-state index contributed by atoms with van der Waals surface area (Å²) in [5.41, 5.74) is 3.82. The topological polar surface area (TPSA) is 41.5 Å². The lowest BCUT2D eigenvalue weighted by Gasteiger charge is -2.01. The fraction of sp³-hybridized carbons (Fsp3) is 0. The average molecular weight is 338 g/mol. The standard InChI is InChI=1S/C14H10BrClN2O/c15-13-7-2-1-6-12(13)14(19)18-17-9-10-4-3-5-11(16)8-10/h1-9H,(H,18,19). The number of carbonyl (C=O) groups excluding carboxylic acids is 1. The Balaban J connectivity index is 2.03. The Morgan fingerprint density at radius 2 is 2.00 bits per heavy atom. The molecular weight excluding hydrogens is 328 g/mol. The molecule has 2 rings (SSSR count). The van der Waals surface area contributed by atoms with Crippen molar-refractivity contribution >= 4 is 39.7 Å². The predicted molar refractivity (Wildman–Crippen MR) is 80.7 cm³/mol. The van der Waals surface area contributed by atoms with E-state index in [0.29, 0.717) is 10.6 Å². The van der Waals surface area contributed by atoms with E-state index in [0.717, 1.165) is 10.0 Å². The molecule has 0 aromatic heterocycles. The molecule has 0 aliphatic carbocycles. The fourth-order valence-electron chi connectivity index (χ4n) is 1.46. The van der Waals surface area contributed by atoms with E-state index < -0.39 is 0 Å². The van der Waals surface area contributed by atoms with Crippen LogP contribution in [0.4, 0.5) is 0 Å². The van der Waals surface area contributed by atoms with Crippen LogP contribution in [0.2, 0.25) is 5.02 Å². The molecule has 2 aromatic carbocycles. The van der Waals surface area contributed by atoms with Gasteiger partial charge in [0.25, 0.3) is 5.91 Å². The van der Waals surface area contributed by atoms with E-state index in [1.807, 2.05) is 18.2 Å². The largest absolute Gasteiger partial charge is 0.272 e.